The predicted molar refractivity (Wildman–Crippen MR) is 77.5 cm³/mol. The Labute approximate surface area is 119 Å². The summed E-state index contributed by atoms with van der Waals surface area (Å²) in [5.74, 6) is 1.94. The highest BCUT2D eigenvalue weighted by Crippen LogP contribution is 1.94. The lowest BCUT2D eigenvalue weighted by Crippen LogP contribution is -2.41. The van der Waals surface area contributed by atoms with Gasteiger partial charge in [-0.2, -0.15) is 4.98 Å². The van der Waals surface area contributed by atoms with Gasteiger partial charge in [0.1, 0.15) is 0 Å². The molecule has 0 saturated carbocycles. The van der Waals surface area contributed by atoms with E-state index in [9.17, 15) is 0 Å². The predicted octanol–water partition coefficient (Wildman–Crippen LogP) is 1.46. The zero-order valence-corrected chi connectivity index (χ0v) is 13.0. The summed E-state index contributed by atoms with van der Waals surface area (Å²) < 4.78 is 4.98. The third-order valence-corrected chi connectivity index (χ3v) is 2.20. The Bertz CT molecular complexity index is 352. The molecule has 7 heteroatoms. The minimum absolute atomic E-state index is 0. The number of rotatable bonds is 4. The van der Waals surface area contributed by atoms with E-state index in [4.69, 9.17) is 4.52 Å². The normalized spacial score (nSPS) is 12.8. The fraction of sp³-hybridized carbons (Fsp3) is 0.700. The van der Waals surface area contributed by atoms with Gasteiger partial charge < -0.3 is 15.2 Å². The van der Waals surface area contributed by atoms with E-state index in [2.05, 4.69) is 39.6 Å². The minimum Gasteiger partial charge on any atom is -0.354 e. The number of nitrogens with one attached hydrogen (secondary N) is 2. The summed E-state index contributed by atoms with van der Waals surface area (Å²) in [6.45, 7) is 6.49. The largest absolute Gasteiger partial charge is 0.354 e. The monoisotopic (exact) mass is 353 g/mol. The molecule has 0 amide bonds. The molecular weight excluding hydrogens is 333 g/mol. The summed E-state index contributed by atoms with van der Waals surface area (Å²) in [5, 5.41) is 10.1. The van der Waals surface area contributed by atoms with Crippen LogP contribution in [0.1, 0.15) is 32.0 Å². The lowest BCUT2D eigenvalue weighted by Gasteiger charge is -2.15. The molecule has 1 rings (SSSR count). The van der Waals surface area contributed by atoms with Crippen molar-refractivity contribution in [2.75, 3.05) is 7.05 Å². The maximum absolute atomic E-state index is 4.98. The molecule has 0 spiro atoms. The summed E-state index contributed by atoms with van der Waals surface area (Å²) in [4.78, 5) is 8.20. The van der Waals surface area contributed by atoms with Crippen molar-refractivity contribution in [1.82, 2.24) is 20.8 Å². The first-order valence-corrected chi connectivity index (χ1v) is 5.42. The van der Waals surface area contributed by atoms with Gasteiger partial charge in [-0.15, -0.1) is 24.0 Å². The fourth-order valence-corrected chi connectivity index (χ4v) is 1.10. The highest BCUT2D eigenvalue weighted by molar-refractivity contribution is 14.0. The van der Waals surface area contributed by atoms with Crippen LogP contribution < -0.4 is 10.6 Å². The Morgan fingerprint density at radius 1 is 1.53 bits per heavy atom. The van der Waals surface area contributed by atoms with Gasteiger partial charge in [0.2, 0.25) is 5.89 Å². The third kappa shape index (κ3) is 5.85. The van der Waals surface area contributed by atoms with Gasteiger partial charge in [-0.3, -0.25) is 4.99 Å². The second kappa shape index (κ2) is 8.26. The van der Waals surface area contributed by atoms with Crippen LogP contribution >= 0.6 is 24.0 Å². The molecular formula is C10H20IN5O. The van der Waals surface area contributed by atoms with E-state index in [0.717, 1.165) is 12.4 Å². The Balaban J connectivity index is 0.00000256. The molecule has 2 N–H and O–H groups in total. The Morgan fingerprint density at radius 3 is 2.71 bits per heavy atom. The van der Waals surface area contributed by atoms with Crippen LogP contribution in [0.2, 0.25) is 0 Å². The first-order valence-electron chi connectivity index (χ1n) is 5.42. The molecule has 0 bridgehead atoms. The van der Waals surface area contributed by atoms with Crippen LogP contribution in [-0.2, 0) is 6.54 Å². The Hall–Kier alpha value is -0.860. The van der Waals surface area contributed by atoms with Crippen molar-refractivity contribution >= 4 is 29.9 Å². The van der Waals surface area contributed by atoms with E-state index in [1.54, 1.807) is 14.0 Å². The van der Waals surface area contributed by atoms with E-state index in [1.165, 1.54) is 0 Å². The average Bonchev–Trinajstić information content (AvgIpc) is 2.69. The van der Waals surface area contributed by atoms with Crippen molar-refractivity contribution in [2.24, 2.45) is 4.99 Å². The van der Waals surface area contributed by atoms with Crippen molar-refractivity contribution in [3.05, 3.63) is 11.7 Å². The molecule has 0 aliphatic rings. The van der Waals surface area contributed by atoms with Crippen LogP contribution in [0, 0.1) is 6.92 Å². The average molecular weight is 353 g/mol. The third-order valence-electron chi connectivity index (χ3n) is 2.20. The first kappa shape index (κ1) is 16.1. The molecule has 0 aliphatic heterocycles. The summed E-state index contributed by atoms with van der Waals surface area (Å²) >= 11 is 0. The molecule has 0 radical (unpaired) electrons. The van der Waals surface area contributed by atoms with E-state index < -0.39 is 0 Å². The smallest absolute Gasteiger partial charge is 0.246 e. The van der Waals surface area contributed by atoms with Gasteiger partial charge in [0.05, 0.1) is 6.54 Å². The van der Waals surface area contributed by atoms with Gasteiger partial charge in [-0.1, -0.05) is 12.1 Å². The quantitative estimate of drug-likeness (QED) is 0.487. The number of guanidine groups is 1. The highest BCUT2D eigenvalue weighted by Gasteiger charge is 2.05. The molecule has 6 nitrogen and oxygen atoms in total. The molecule has 1 aromatic heterocycles. The van der Waals surface area contributed by atoms with E-state index in [0.29, 0.717) is 24.3 Å². The van der Waals surface area contributed by atoms with Crippen LogP contribution in [0.25, 0.3) is 0 Å². The van der Waals surface area contributed by atoms with Crippen LogP contribution in [0.3, 0.4) is 0 Å². The van der Waals surface area contributed by atoms with Crippen LogP contribution in [-0.4, -0.2) is 29.2 Å². The molecule has 1 unspecified atom stereocenters. The second-order valence-electron chi connectivity index (χ2n) is 3.61. The van der Waals surface area contributed by atoms with Crippen molar-refractivity contribution in [1.29, 1.82) is 0 Å². The second-order valence-corrected chi connectivity index (χ2v) is 3.61. The molecule has 0 fully saturated rings. The fourth-order valence-electron chi connectivity index (χ4n) is 1.10. The van der Waals surface area contributed by atoms with Gasteiger partial charge >= 0.3 is 0 Å². The minimum atomic E-state index is 0. The standard InChI is InChI=1S/C10H19N5O.HI/c1-5-7(2)13-10(11-4)12-6-9-14-8(3)15-16-9;/h7H,5-6H2,1-4H3,(H2,11,12,13);1H. The number of aromatic nitrogens is 2. The van der Waals surface area contributed by atoms with Crippen molar-refractivity contribution < 1.29 is 4.52 Å². The van der Waals surface area contributed by atoms with Gasteiger partial charge in [0.25, 0.3) is 0 Å². The number of aliphatic imine (C=N–C) groups is 1. The van der Waals surface area contributed by atoms with E-state index in [1.807, 2.05) is 0 Å². The SMILES string of the molecule is CCC(C)NC(=NC)NCc1nc(C)no1.I. The molecule has 0 aliphatic carbocycles. The van der Waals surface area contributed by atoms with E-state index in [-0.39, 0.29) is 24.0 Å². The number of aryl methyl sites for hydroxylation is 1. The number of hydrogen-bond acceptors (Lipinski definition) is 4. The summed E-state index contributed by atoms with van der Waals surface area (Å²) in [6, 6.07) is 0.385. The van der Waals surface area contributed by atoms with Crippen molar-refractivity contribution in [3.63, 3.8) is 0 Å². The molecule has 0 saturated heterocycles. The number of nitrogens with zero attached hydrogens (tertiary/aromatic N) is 3. The van der Waals surface area contributed by atoms with E-state index >= 15 is 0 Å². The Kier molecular flexibility index (Phi) is 7.85. The summed E-state index contributed by atoms with van der Waals surface area (Å²) in [7, 11) is 1.73. The van der Waals surface area contributed by atoms with Crippen LogP contribution in [0.15, 0.2) is 9.52 Å². The topological polar surface area (TPSA) is 75.3 Å². The zero-order valence-electron chi connectivity index (χ0n) is 10.6. The maximum Gasteiger partial charge on any atom is 0.246 e. The number of hydrogen-bond donors (Lipinski definition) is 2. The zero-order chi connectivity index (χ0) is 12.0. The molecule has 1 heterocycles. The van der Waals surface area contributed by atoms with Gasteiger partial charge in [-0.25, -0.2) is 0 Å². The van der Waals surface area contributed by atoms with Crippen molar-refractivity contribution in [3.8, 4) is 0 Å². The van der Waals surface area contributed by atoms with Crippen LogP contribution in [0.4, 0.5) is 0 Å². The summed E-state index contributed by atoms with van der Waals surface area (Å²) in [5.41, 5.74) is 0. The summed E-state index contributed by atoms with van der Waals surface area (Å²) in [6.07, 6.45) is 1.04. The lowest BCUT2D eigenvalue weighted by atomic mass is 10.3. The Morgan fingerprint density at radius 2 is 2.24 bits per heavy atom. The van der Waals surface area contributed by atoms with Crippen molar-refractivity contribution in [2.45, 2.75) is 39.8 Å². The molecule has 1 aromatic rings. The first-order chi connectivity index (χ1) is 7.65. The maximum atomic E-state index is 4.98. The molecule has 17 heavy (non-hydrogen) atoms. The van der Waals surface area contributed by atoms with Crippen LogP contribution in [0.5, 0.6) is 0 Å². The van der Waals surface area contributed by atoms with Gasteiger partial charge in [0.15, 0.2) is 11.8 Å². The molecule has 1 atom stereocenters. The highest BCUT2D eigenvalue weighted by atomic mass is 127. The lowest BCUT2D eigenvalue weighted by molar-refractivity contribution is 0.371. The number of halogens is 1. The van der Waals surface area contributed by atoms with Gasteiger partial charge in [0, 0.05) is 13.1 Å². The molecule has 98 valence electrons. The van der Waals surface area contributed by atoms with Gasteiger partial charge in [-0.05, 0) is 20.3 Å². The molecule has 0 aromatic carbocycles.